The van der Waals surface area contributed by atoms with Gasteiger partial charge in [0.1, 0.15) is 18.1 Å². The summed E-state index contributed by atoms with van der Waals surface area (Å²) >= 11 is 0. The molecule has 1 N–H and O–H groups in total. The van der Waals surface area contributed by atoms with Crippen molar-refractivity contribution in [3.05, 3.63) is 40.6 Å². The number of carbonyl (C=O) groups is 1. The number of aliphatic hydroxyl groups excluding tert-OH is 1. The lowest BCUT2D eigenvalue weighted by Gasteiger charge is -2.42. The van der Waals surface area contributed by atoms with Crippen LogP contribution >= 0.6 is 0 Å². The predicted octanol–water partition coefficient (Wildman–Crippen LogP) is 3.64. The second-order valence-electron chi connectivity index (χ2n) is 7.63. The second kappa shape index (κ2) is 9.26. The van der Waals surface area contributed by atoms with Crippen molar-refractivity contribution in [3.8, 4) is 0 Å². The standard InChI is InChI=1S/C22H31NO6/c1-5-27-14-28-17-9-11-22(12-10-17)20(24)19(21(25)23(22)29-13-26-4)18-15(2)7-6-8-16(18)3/h6-8,17,24H,5,9-14H2,1-4H3. The third-order valence-corrected chi connectivity index (χ3v) is 5.85. The molecule has 7 nitrogen and oxygen atoms in total. The summed E-state index contributed by atoms with van der Waals surface area (Å²) in [5, 5.41) is 12.7. The van der Waals surface area contributed by atoms with Gasteiger partial charge in [-0.25, -0.2) is 9.90 Å². The number of ether oxygens (including phenoxy) is 3. The Morgan fingerprint density at radius 1 is 1.17 bits per heavy atom. The van der Waals surface area contributed by atoms with E-state index >= 15 is 0 Å². The van der Waals surface area contributed by atoms with Crippen molar-refractivity contribution >= 4 is 11.5 Å². The summed E-state index contributed by atoms with van der Waals surface area (Å²) in [6.45, 7) is 6.61. The van der Waals surface area contributed by atoms with Crippen LogP contribution in [0.2, 0.25) is 0 Å². The molecule has 0 atom stereocenters. The molecular weight excluding hydrogens is 374 g/mol. The first kappa shape index (κ1) is 21.8. The Balaban J connectivity index is 1.93. The molecule has 0 unspecified atom stereocenters. The smallest absolute Gasteiger partial charge is 0.282 e. The number of benzene rings is 1. The molecule has 7 heteroatoms. The van der Waals surface area contributed by atoms with Gasteiger partial charge in [-0.05, 0) is 63.1 Å². The predicted molar refractivity (Wildman–Crippen MR) is 108 cm³/mol. The van der Waals surface area contributed by atoms with Crippen LogP contribution in [-0.4, -0.2) is 55.0 Å². The number of methoxy groups -OCH3 is 1. The molecule has 1 saturated carbocycles. The zero-order valence-corrected chi connectivity index (χ0v) is 17.7. The lowest BCUT2D eigenvalue weighted by molar-refractivity contribution is -0.252. The summed E-state index contributed by atoms with van der Waals surface area (Å²) in [7, 11) is 1.51. The van der Waals surface area contributed by atoms with Crippen LogP contribution in [0.3, 0.4) is 0 Å². The van der Waals surface area contributed by atoms with E-state index in [2.05, 4.69) is 0 Å². The van der Waals surface area contributed by atoms with E-state index in [1.807, 2.05) is 39.0 Å². The van der Waals surface area contributed by atoms with Crippen LogP contribution in [0.25, 0.3) is 5.57 Å². The SMILES string of the molecule is CCOCOC1CCC2(CC1)C(O)=C(c1c(C)cccc1C)C(=O)N2OCOC. The first-order chi connectivity index (χ1) is 14.0. The number of aryl methyl sites for hydroxylation is 2. The van der Waals surface area contributed by atoms with E-state index in [0.29, 0.717) is 37.9 Å². The molecule has 0 radical (unpaired) electrons. The molecule has 2 aliphatic rings. The Hall–Kier alpha value is -1.93. The zero-order valence-electron chi connectivity index (χ0n) is 17.7. The van der Waals surface area contributed by atoms with E-state index in [1.54, 1.807) is 0 Å². The molecule has 0 bridgehead atoms. The van der Waals surface area contributed by atoms with Crippen LogP contribution in [0.1, 0.15) is 49.3 Å². The highest BCUT2D eigenvalue weighted by Crippen LogP contribution is 2.48. The molecule has 1 aliphatic carbocycles. The normalized spacial score (nSPS) is 24.8. The summed E-state index contributed by atoms with van der Waals surface area (Å²) in [6, 6.07) is 5.83. The zero-order chi connectivity index (χ0) is 21.0. The maximum absolute atomic E-state index is 13.4. The number of hydrogen-bond acceptors (Lipinski definition) is 6. The van der Waals surface area contributed by atoms with Gasteiger partial charge in [-0.15, -0.1) is 0 Å². The van der Waals surface area contributed by atoms with E-state index in [0.717, 1.165) is 16.7 Å². The molecule has 1 fully saturated rings. The van der Waals surface area contributed by atoms with Crippen molar-refractivity contribution in [2.75, 3.05) is 27.3 Å². The van der Waals surface area contributed by atoms with Crippen molar-refractivity contribution in [3.63, 3.8) is 0 Å². The Bertz CT molecular complexity index is 746. The maximum atomic E-state index is 13.4. The third kappa shape index (κ3) is 4.05. The van der Waals surface area contributed by atoms with E-state index in [4.69, 9.17) is 19.0 Å². The second-order valence-corrected chi connectivity index (χ2v) is 7.63. The minimum absolute atomic E-state index is 0.0311. The molecule has 0 aromatic heterocycles. The van der Waals surface area contributed by atoms with Gasteiger partial charge in [-0.2, -0.15) is 0 Å². The van der Waals surface area contributed by atoms with Gasteiger partial charge in [-0.3, -0.25) is 4.79 Å². The van der Waals surface area contributed by atoms with Gasteiger partial charge < -0.3 is 19.3 Å². The van der Waals surface area contributed by atoms with Crippen LogP contribution in [0.4, 0.5) is 0 Å². The number of nitrogens with zero attached hydrogens (tertiary/aromatic N) is 1. The summed E-state index contributed by atoms with van der Waals surface area (Å²) in [4.78, 5) is 19.1. The summed E-state index contributed by atoms with van der Waals surface area (Å²) < 4.78 is 16.1. The van der Waals surface area contributed by atoms with Crippen molar-refractivity contribution in [1.29, 1.82) is 0 Å². The van der Waals surface area contributed by atoms with Crippen LogP contribution in [0.15, 0.2) is 24.0 Å². The Morgan fingerprint density at radius 3 is 2.41 bits per heavy atom. The first-order valence-electron chi connectivity index (χ1n) is 10.1. The molecule has 29 heavy (non-hydrogen) atoms. The van der Waals surface area contributed by atoms with Gasteiger partial charge in [-0.1, -0.05) is 18.2 Å². The number of carbonyl (C=O) groups excluding carboxylic acids is 1. The molecule has 1 spiro atoms. The number of hydroxylamine groups is 2. The molecule has 1 amide bonds. The topological polar surface area (TPSA) is 77.5 Å². The van der Waals surface area contributed by atoms with E-state index in [9.17, 15) is 9.90 Å². The highest BCUT2D eigenvalue weighted by molar-refractivity contribution is 6.23. The van der Waals surface area contributed by atoms with Gasteiger partial charge in [0, 0.05) is 13.7 Å². The van der Waals surface area contributed by atoms with Gasteiger partial charge in [0.15, 0.2) is 6.79 Å². The third-order valence-electron chi connectivity index (χ3n) is 5.85. The minimum atomic E-state index is -0.898. The minimum Gasteiger partial charge on any atom is -0.509 e. The van der Waals surface area contributed by atoms with Crippen LogP contribution in [-0.2, 0) is 23.8 Å². The highest BCUT2D eigenvalue weighted by Gasteiger charge is 2.55. The Kier molecular flexibility index (Phi) is 6.95. The van der Waals surface area contributed by atoms with Crippen LogP contribution < -0.4 is 0 Å². The molecule has 1 aromatic carbocycles. The monoisotopic (exact) mass is 405 g/mol. The fraction of sp³-hybridized carbons (Fsp3) is 0.591. The fourth-order valence-corrected chi connectivity index (χ4v) is 4.35. The maximum Gasteiger partial charge on any atom is 0.282 e. The number of amides is 1. The molecule has 1 aromatic rings. The quantitative estimate of drug-likeness (QED) is 0.526. The number of hydrogen-bond donors (Lipinski definition) is 1. The van der Waals surface area contributed by atoms with E-state index < -0.39 is 5.54 Å². The van der Waals surface area contributed by atoms with Gasteiger partial charge in [0.05, 0.1) is 11.7 Å². The van der Waals surface area contributed by atoms with E-state index in [-0.39, 0.29) is 31.4 Å². The number of rotatable bonds is 8. The number of aliphatic hydroxyl groups is 1. The van der Waals surface area contributed by atoms with Gasteiger partial charge in [0.2, 0.25) is 0 Å². The van der Waals surface area contributed by atoms with Gasteiger partial charge in [0.25, 0.3) is 5.91 Å². The first-order valence-corrected chi connectivity index (χ1v) is 10.1. The average Bonchev–Trinajstić information content (AvgIpc) is 2.89. The van der Waals surface area contributed by atoms with E-state index in [1.165, 1.54) is 12.2 Å². The van der Waals surface area contributed by atoms with Crippen molar-refractivity contribution < 1.29 is 28.9 Å². The summed E-state index contributed by atoms with van der Waals surface area (Å²) in [6.07, 6.45) is 2.50. The van der Waals surface area contributed by atoms with Crippen LogP contribution in [0, 0.1) is 13.8 Å². The fourth-order valence-electron chi connectivity index (χ4n) is 4.35. The Morgan fingerprint density at radius 2 is 1.83 bits per heavy atom. The highest BCUT2D eigenvalue weighted by atomic mass is 16.8. The Labute approximate surface area is 172 Å². The molecule has 3 rings (SSSR count). The molecular formula is C22H31NO6. The molecule has 1 heterocycles. The van der Waals surface area contributed by atoms with Crippen molar-refractivity contribution in [1.82, 2.24) is 5.06 Å². The van der Waals surface area contributed by atoms with Crippen molar-refractivity contribution in [2.24, 2.45) is 0 Å². The van der Waals surface area contributed by atoms with Crippen LogP contribution in [0.5, 0.6) is 0 Å². The van der Waals surface area contributed by atoms with Crippen molar-refractivity contribution in [2.45, 2.75) is 58.1 Å². The largest absolute Gasteiger partial charge is 0.509 e. The summed E-state index contributed by atoms with van der Waals surface area (Å²) in [5.41, 5.74) is 2.08. The average molecular weight is 405 g/mol. The molecule has 1 aliphatic heterocycles. The van der Waals surface area contributed by atoms with Gasteiger partial charge >= 0.3 is 0 Å². The molecule has 160 valence electrons. The molecule has 0 saturated heterocycles. The lowest BCUT2D eigenvalue weighted by Crippen LogP contribution is -2.51. The summed E-state index contributed by atoms with van der Waals surface area (Å²) in [5.74, 6) is -0.245. The lowest BCUT2D eigenvalue weighted by atomic mass is 9.78.